The average molecular weight is 692 g/mol. The zero-order chi connectivity index (χ0) is 17.4. The summed E-state index contributed by atoms with van der Waals surface area (Å²) >= 11 is 5.26. The fraction of sp³-hybridized carbons (Fsp3) is 0. The predicted octanol–water partition coefficient (Wildman–Crippen LogP) is 3.51. The van der Waals surface area contributed by atoms with Crippen molar-refractivity contribution in [2.45, 2.75) is 9.79 Å². The van der Waals surface area contributed by atoms with Crippen molar-refractivity contribution in [1.29, 1.82) is 0 Å². The van der Waals surface area contributed by atoms with Gasteiger partial charge in [0.25, 0.3) is 10.1 Å². The second kappa shape index (κ2) is 7.27. The normalized spacial score (nSPS) is 12.2. The highest BCUT2D eigenvalue weighted by Crippen LogP contribution is 2.31. The van der Waals surface area contributed by atoms with Crippen molar-refractivity contribution < 1.29 is 25.6 Å². The van der Waals surface area contributed by atoms with Gasteiger partial charge in [-0.05, 0) is 92.0 Å². The molecule has 1 N–H and O–H groups in total. The van der Waals surface area contributed by atoms with Gasteiger partial charge in [-0.25, -0.2) is 0 Å². The summed E-state index contributed by atoms with van der Waals surface area (Å²) < 4.78 is 62.4. The van der Waals surface area contributed by atoms with Gasteiger partial charge in [-0.15, -0.1) is 0 Å². The molecule has 11 heteroatoms. The van der Waals surface area contributed by atoms with E-state index in [1.165, 1.54) is 18.2 Å². The van der Waals surface area contributed by atoms with Crippen LogP contribution in [-0.4, -0.2) is 21.4 Å². The quantitative estimate of drug-likeness (QED) is 0.300. The van der Waals surface area contributed by atoms with E-state index in [4.69, 9.17) is 4.18 Å². The number of halogens is 3. The van der Waals surface area contributed by atoms with Gasteiger partial charge >= 0.3 is 10.1 Å². The molecule has 2 aromatic carbocycles. The van der Waals surface area contributed by atoms with E-state index in [-0.39, 0.29) is 22.7 Å². The van der Waals surface area contributed by atoms with Crippen LogP contribution < -0.4 is 4.18 Å². The summed E-state index contributed by atoms with van der Waals surface area (Å²) in [6.07, 6.45) is 0. The van der Waals surface area contributed by atoms with Crippen LogP contribution in [0.3, 0.4) is 0 Å². The molecule has 0 aromatic heterocycles. The maximum Gasteiger partial charge on any atom is 0.340 e. The second-order valence-electron chi connectivity index (χ2n) is 4.16. The summed E-state index contributed by atoms with van der Waals surface area (Å²) in [6.45, 7) is 0. The molecule has 0 saturated heterocycles. The molecule has 0 unspecified atom stereocenters. The van der Waals surface area contributed by atoms with Crippen LogP contribution in [0.15, 0.2) is 46.2 Å². The van der Waals surface area contributed by atoms with Crippen LogP contribution in [0.25, 0.3) is 0 Å². The van der Waals surface area contributed by atoms with Crippen LogP contribution in [0.2, 0.25) is 0 Å². The van der Waals surface area contributed by atoms with Gasteiger partial charge in [0.15, 0.2) is 0 Å². The molecular formula is C12H7I3O6S2. The molecule has 6 nitrogen and oxygen atoms in total. The van der Waals surface area contributed by atoms with Crippen molar-refractivity contribution in [3.8, 4) is 5.75 Å². The Kier molecular flexibility index (Phi) is 6.20. The molecule has 0 radical (unpaired) electrons. The summed E-state index contributed by atoms with van der Waals surface area (Å²) in [5.41, 5.74) is 0. The van der Waals surface area contributed by atoms with Crippen LogP contribution in [0.5, 0.6) is 5.75 Å². The van der Waals surface area contributed by atoms with Gasteiger partial charge < -0.3 is 4.18 Å². The lowest BCUT2D eigenvalue weighted by Crippen LogP contribution is -2.12. The Morgan fingerprint density at radius 1 is 0.870 bits per heavy atom. The second-order valence-corrected chi connectivity index (χ2v) is 10.5. The summed E-state index contributed by atoms with van der Waals surface area (Å²) in [5.74, 6) is -0.0362. The zero-order valence-electron chi connectivity index (χ0n) is 10.9. The molecule has 0 spiro atoms. The molecule has 0 heterocycles. The van der Waals surface area contributed by atoms with Gasteiger partial charge in [0.1, 0.15) is 15.5 Å². The maximum atomic E-state index is 12.3. The third-order valence-electron chi connectivity index (χ3n) is 2.54. The third kappa shape index (κ3) is 4.68. The molecular weight excluding hydrogens is 685 g/mol. The van der Waals surface area contributed by atoms with E-state index < -0.39 is 20.2 Å². The van der Waals surface area contributed by atoms with E-state index in [1.54, 1.807) is 63.4 Å². The molecule has 0 aliphatic rings. The monoisotopic (exact) mass is 692 g/mol. The fourth-order valence-electron chi connectivity index (χ4n) is 1.65. The van der Waals surface area contributed by atoms with Gasteiger partial charge in [-0.1, -0.05) is 12.1 Å². The molecule has 0 aliphatic heterocycles. The number of hydrogen-bond acceptors (Lipinski definition) is 5. The SMILES string of the molecule is O=S(=O)(O)c1c(I)cc(OS(=O)(=O)c2ccccc2I)cc1I. The highest BCUT2D eigenvalue weighted by atomic mass is 127. The Balaban J connectivity index is 2.48. The first-order chi connectivity index (χ1) is 10.5. The van der Waals surface area contributed by atoms with E-state index in [0.717, 1.165) is 0 Å². The van der Waals surface area contributed by atoms with Crippen LogP contribution in [-0.2, 0) is 20.2 Å². The Labute approximate surface area is 174 Å². The minimum atomic E-state index is -4.40. The highest BCUT2D eigenvalue weighted by molar-refractivity contribution is 14.1. The third-order valence-corrected chi connectivity index (χ3v) is 8.54. The smallest absolute Gasteiger partial charge is 0.340 e. The molecule has 0 aliphatic carbocycles. The predicted molar refractivity (Wildman–Crippen MR) is 109 cm³/mol. The lowest BCUT2D eigenvalue weighted by molar-refractivity contribution is 0.480. The molecule has 0 fully saturated rings. The van der Waals surface area contributed by atoms with Gasteiger partial charge in [-0.3, -0.25) is 4.55 Å². The van der Waals surface area contributed by atoms with E-state index in [0.29, 0.717) is 3.57 Å². The highest BCUT2D eigenvalue weighted by Gasteiger charge is 2.23. The number of hydrogen-bond donors (Lipinski definition) is 1. The maximum absolute atomic E-state index is 12.3. The first kappa shape index (κ1) is 19.6. The van der Waals surface area contributed by atoms with Crippen LogP contribution in [0.4, 0.5) is 0 Å². The minimum Gasteiger partial charge on any atom is -0.379 e. The number of rotatable bonds is 4. The minimum absolute atomic E-state index is 0.0180. The van der Waals surface area contributed by atoms with Crippen LogP contribution in [0, 0.1) is 10.7 Å². The van der Waals surface area contributed by atoms with E-state index in [9.17, 15) is 21.4 Å². The molecule has 124 valence electrons. The summed E-state index contributed by atoms with van der Waals surface area (Å²) in [5, 5.41) is 0. The van der Waals surface area contributed by atoms with E-state index in [2.05, 4.69) is 0 Å². The van der Waals surface area contributed by atoms with Crippen LogP contribution >= 0.6 is 67.8 Å². The Morgan fingerprint density at radius 3 is 1.87 bits per heavy atom. The van der Waals surface area contributed by atoms with Gasteiger partial charge in [0.05, 0.1) is 0 Å². The van der Waals surface area contributed by atoms with Crippen molar-refractivity contribution in [1.82, 2.24) is 0 Å². The summed E-state index contributed by atoms with van der Waals surface area (Å²) in [4.78, 5) is -0.262. The molecule has 2 rings (SSSR count). The van der Waals surface area contributed by atoms with Crippen molar-refractivity contribution in [3.63, 3.8) is 0 Å². The van der Waals surface area contributed by atoms with Crippen LogP contribution in [0.1, 0.15) is 0 Å². The van der Waals surface area contributed by atoms with Crippen molar-refractivity contribution in [3.05, 3.63) is 47.1 Å². The molecule has 0 atom stereocenters. The first-order valence-electron chi connectivity index (χ1n) is 5.68. The summed E-state index contributed by atoms with van der Waals surface area (Å²) in [7, 11) is -8.46. The molecule has 2 aromatic rings. The summed E-state index contributed by atoms with van der Waals surface area (Å²) in [6, 6.07) is 8.80. The fourth-order valence-corrected chi connectivity index (χ4v) is 7.83. The van der Waals surface area contributed by atoms with Crippen molar-refractivity contribution in [2.24, 2.45) is 0 Å². The Bertz CT molecular complexity index is 947. The standard InChI is InChI=1S/C12H7I3O6S2/c13-8-3-1-2-4-11(8)23(19,20)21-7-5-9(14)12(10(15)6-7)22(16,17)18/h1-6H,(H,16,17,18). The Hall–Kier alpha value is 0.290. The molecule has 0 bridgehead atoms. The zero-order valence-corrected chi connectivity index (χ0v) is 19.0. The molecule has 0 amide bonds. The largest absolute Gasteiger partial charge is 0.379 e. The topological polar surface area (TPSA) is 97.7 Å². The van der Waals surface area contributed by atoms with Gasteiger partial charge in [-0.2, -0.15) is 16.8 Å². The average Bonchev–Trinajstić information content (AvgIpc) is 2.35. The molecule has 23 heavy (non-hydrogen) atoms. The van der Waals surface area contributed by atoms with E-state index in [1.807, 2.05) is 22.6 Å². The van der Waals surface area contributed by atoms with Crippen molar-refractivity contribution in [2.75, 3.05) is 0 Å². The molecule has 0 saturated carbocycles. The van der Waals surface area contributed by atoms with Gasteiger partial charge in [0.2, 0.25) is 0 Å². The Morgan fingerprint density at radius 2 is 1.39 bits per heavy atom. The first-order valence-corrected chi connectivity index (χ1v) is 11.8. The van der Waals surface area contributed by atoms with Crippen molar-refractivity contribution >= 4 is 88.0 Å². The number of benzene rings is 2. The van der Waals surface area contributed by atoms with Gasteiger partial charge in [0, 0.05) is 10.7 Å². The van der Waals surface area contributed by atoms with E-state index >= 15 is 0 Å². The lowest BCUT2D eigenvalue weighted by atomic mass is 10.3. The lowest BCUT2D eigenvalue weighted by Gasteiger charge is -2.11.